The summed E-state index contributed by atoms with van der Waals surface area (Å²) in [4.78, 5) is 17.7. The lowest BCUT2D eigenvalue weighted by atomic mass is 10.1. The Labute approximate surface area is 100 Å². The maximum absolute atomic E-state index is 12.1. The number of amides is 1. The molecule has 1 N–H and O–H groups in total. The standard InChI is InChI=1S/C12H16N2O3/c1-12(16)5-6-14(8-12)11(15)9-3-4-10(17-2)13-7-9/h3-4,7,16H,5-6,8H2,1-2H3. The fourth-order valence-electron chi connectivity index (χ4n) is 1.93. The van der Waals surface area contributed by atoms with Crippen molar-refractivity contribution < 1.29 is 14.6 Å². The predicted molar refractivity (Wildman–Crippen MR) is 61.9 cm³/mol. The highest BCUT2D eigenvalue weighted by molar-refractivity contribution is 5.94. The van der Waals surface area contributed by atoms with Gasteiger partial charge in [-0.15, -0.1) is 0 Å². The van der Waals surface area contributed by atoms with Gasteiger partial charge < -0.3 is 14.7 Å². The maximum atomic E-state index is 12.1. The summed E-state index contributed by atoms with van der Waals surface area (Å²) in [6, 6.07) is 3.34. The smallest absolute Gasteiger partial charge is 0.255 e. The minimum atomic E-state index is -0.768. The van der Waals surface area contributed by atoms with Gasteiger partial charge in [0, 0.05) is 25.4 Å². The van der Waals surface area contributed by atoms with Gasteiger partial charge in [-0.3, -0.25) is 4.79 Å². The predicted octanol–water partition coefficient (Wildman–Crippen LogP) is 0.687. The Morgan fingerprint density at radius 3 is 2.82 bits per heavy atom. The lowest BCUT2D eigenvalue weighted by Crippen LogP contribution is -2.33. The Hall–Kier alpha value is -1.62. The summed E-state index contributed by atoms with van der Waals surface area (Å²) in [5.74, 6) is 0.382. The lowest BCUT2D eigenvalue weighted by Gasteiger charge is -2.18. The second-order valence-electron chi connectivity index (χ2n) is 4.56. The van der Waals surface area contributed by atoms with Gasteiger partial charge in [0.2, 0.25) is 5.88 Å². The van der Waals surface area contributed by atoms with E-state index in [2.05, 4.69) is 4.98 Å². The Kier molecular flexibility index (Phi) is 3.02. The number of carbonyl (C=O) groups excluding carboxylic acids is 1. The van der Waals surface area contributed by atoms with Crippen molar-refractivity contribution in [3.8, 4) is 5.88 Å². The van der Waals surface area contributed by atoms with Crippen LogP contribution in [0.5, 0.6) is 5.88 Å². The molecule has 1 aromatic heterocycles. The van der Waals surface area contributed by atoms with Crippen molar-refractivity contribution in [2.45, 2.75) is 18.9 Å². The van der Waals surface area contributed by atoms with Crippen LogP contribution in [0.3, 0.4) is 0 Å². The van der Waals surface area contributed by atoms with Crippen molar-refractivity contribution in [2.75, 3.05) is 20.2 Å². The first-order chi connectivity index (χ1) is 8.02. The molecule has 1 unspecified atom stereocenters. The molecule has 1 saturated heterocycles. The van der Waals surface area contributed by atoms with Gasteiger partial charge in [-0.2, -0.15) is 0 Å². The van der Waals surface area contributed by atoms with Gasteiger partial charge in [-0.05, 0) is 19.4 Å². The summed E-state index contributed by atoms with van der Waals surface area (Å²) in [6.45, 7) is 2.70. The number of nitrogens with zero attached hydrogens (tertiary/aromatic N) is 2. The molecule has 0 spiro atoms. The van der Waals surface area contributed by atoms with E-state index in [0.29, 0.717) is 31.0 Å². The van der Waals surface area contributed by atoms with Gasteiger partial charge in [0.25, 0.3) is 5.91 Å². The fraction of sp³-hybridized carbons (Fsp3) is 0.500. The van der Waals surface area contributed by atoms with Gasteiger partial charge in [-0.1, -0.05) is 0 Å². The van der Waals surface area contributed by atoms with Crippen LogP contribution in [-0.2, 0) is 0 Å². The highest BCUT2D eigenvalue weighted by Crippen LogP contribution is 2.22. The molecule has 2 heterocycles. The highest BCUT2D eigenvalue weighted by Gasteiger charge is 2.34. The fourth-order valence-corrected chi connectivity index (χ4v) is 1.93. The van der Waals surface area contributed by atoms with Crippen LogP contribution in [0, 0.1) is 0 Å². The SMILES string of the molecule is COc1ccc(C(=O)N2CCC(C)(O)C2)cn1. The van der Waals surface area contributed by atoms with Crippen LogP contribution in [0.1, 0.15) is 23.7 Å². The summed E-state index contributed by atoms with van der Waals surface area (Å²) < 4.78 is 4.93. The molecule has 1 fully saturated rings. The molecule has 0 bridgehead atoms. The second kappa shape index (κ2) is 4.33. The number of carbonyl (C=O) groups is 1. The van der Waals surface area contributed by atoms with E-state index in [4.69, 9.17) is 4.74 Å². The third-order valence-electron chi connectivity index (χ3n) is 2.93. The zero-order chi connectivity index (χ0) is 12.5. The van der Waals surface area contributed by atoms with Gasteiger partial charge >= 0.3 is 0 Å². The van der Waals surface area contributed by atoms with Crippen LogP contribution in [-0.4, -0.2) is 46.7 Å². The monoisotopic (exact) mass is 236 g/mol. The molecule has 17 heavy (non-hydrogen) atoms. The molecule has 0 radical (unpaired) electrons. The van der Waals surface area contributed by atoms with Gasteiger partial charge in [0.05, 0.1) is 18.3 Å². The van der Waals surface area contributed by atoms with Crippen molar-refractivity contribution in [1.29, 1.82) is 0 Å². The van der Waals surface area contributed by atoms with Crippen molar-refractivity contribution in [1.82, 2.24) is 9.88 Å². The minimum absolute atomic E-state index is 0.0991. The number of hydrogen-bond donors (Lipinski definition) is 1. The first-order valence-electron chi connectivity index (χ1n) is 5.53. The van der Waals surface area contributed by atoms with E-state index < -0.39 is 5.60 Å². The van der Waals surface area contributed by atoms with E-state index in [1.807, 2.05) is 0 Å². The highest BCUT2D eigenvalue weighted by atomic mass is 16.5. The number of rotatable bonds is 2. The zero-order valence-corrected chi connectivity index (χ0v) is 10.0. The molecule has 5 heteroatoms. The van der Waals surface area contributed by atoms with Crippen LogP contribution in [0.25, 0.3) is 0 Å². The average Bonchev–Trinajstić information content (AvgIpc) is 2.69. The van der Waals surface area contributed by atoms with Gasteiger partial charge in [-0.25, -0.2) is 4.98 Å². The number of ether oxygens (including phenoxy) is 1. The van der Waals surface area contributed by atoms with Crippen LogP contribution in [0.2, 0.25) is 0 Å². The number of aliphatic hydroxyl groups is 1. The van der Waals surface area contributed by atoms with Gasteiger partial charge in [0.1, 0.15) is 0 Å². The topological polar surface area (TPSA) is 62.7 Å². The maximum Gasteiger partial charge on any atom is 0.255 e. The average molecular weight is 236 g/mol. The first kappa shape index (κ1) is 11.9. The van der Waals surface area contributed by atoms with Crippen LogP contribution < -0.4 is 4.74 Å². The summed E-state index contributed by atoms with van der Waals surface area (Å²) >= 11 is 0. The van der Waals surface area contributed by atoms with Crippen molar-refractivity contribution >= 4 is 5.91 Å². The molecule has 1 atom stereocenters. The largest absolute Gasteiger partial charge is 0.481 e. The molecule has 0 aliphatic carbocycles. The molecule has 1 amide bonds. The van der Waals surface area contributed by atoms with Crippen molar-refractivity contribution in [3.05, 3.63) is 23.9 Å². The molecule has 1 aliphatic heterocycles. The number of likely N-dealkylation sites (tertiary alicyclic amines) is 1. The summed E-state index contributed by atoms with van der Waals surface area (Å²) in [5.41, 5.74) is -0.251. The number of β-amino-alcohol motifs (C(OH)–C–C–N with tert-alkyl or cyclic N) is 1. The number of hydrogen-bond acceptors (Lipinski definition) is 4. The Morgan fingerprint density at radius 2 is 2.35 bits per heavy atom. The minimum Gasteiger partial charge on any atom is -0.481 e. The summed E-state index contributed by atoms with van der Waals surface area (Å²) in [6.07, 6.45) is 2.11. The Morgan fingerprint density at radius 1 is 1.59 bits per heavy atom. The number of pyridine rings is 1. The van der Waals surface area contributed by atoms with E-state index in [0.717, 1.165) is 0 Å². The van der Waals surface area contributed by atoms with Crippen molar-refractivity contribution in [2.24, 2.45) is 0 Å². The molecule has 92 valence electrons. The first-order valence-corrected chi connectivity index (χ1v) is 5.53. The number of aromatic nitrogens is 1. The lowest BCUT2D eigenvalue weighted by molar-refractivity contribution is 0.0572. The molecule has 0 aromatic carbocycles. The van der Waals surface area contributed by atoms with Crippen molar-refractivity contribution in [3.63, 3.8) is 0 Å². The third kappa shape index (κ3) is 2.55. The quantitative estimate of drug-likeness (QED) is 0.820. The molecule has 1 aliphatic rings. The molecule has 1 aromatic rings. The van der Waals surface area contributed by atoms with E-state index in [-0.39, 0.29) is 5.91 Å². The van der Waals surface area contributed by atoms with Gasteiger partial charge in [0.15, 0.2) is 0 Å². The summed E-state index contributed by atoms with van der Waals surface area (Å²) in [7, 11) is 1.53. The third-order valence-corrected chi connectivity index (χ3v) is 2.93. The Bertz CT molecular complexity index is 414. The molecule has 0 saturated carbocycles. The number of methoxy groups -OCH3 is 1. The molecule has 5 nitrogen and oxygen atoms in total. The Balaban J connectivity index is 2.09. The normalized spacial score (nSPS) is 23.8. The van der Waals surface area contributed by atoms with E-state index in [9.17, 15) is 9.90 Å². The van der Waals surface area contributed by atoms with E-state index >= 15 is 0 Å². The van der Waals surface area contributed by atoms with E-state index in [1.165, 1.54) is 13.3 Å². The van der Waals surface area contributed by atoms with Crippen LogP contribution >= 0.6 is 0 Å². The second-order valence-corrected chi connectivity index (χ2v) is 4.56. The molecule has 2 rings (SSSR count). The molecular formula is C12H16N2O3. The van der Waals surface area contributed by atoms with Crippen LogP contribution in [0.4, 0.5) is 0 Å². The van der Waals surface area contributed by atoms with Crippen LogP contribution in [0.15, 0.2) is 18.3 Å². The molecular weight excluding hydrogens is 220 g/mol. The zero-order valence-electron chi connectivity index (χ0n) is 10.0. The summed E-state index contributed by atoms with van der Waals surface area (Å²) in [5, 5.41) is 9.81. The van der Waals surface area contributed by atoms with E-state index in [1.54, 1.807) is 24.0 Å².